The SMILES string of the molecule is CCCn1c(-c2cccc(C(=O)NCc3cccc(C)c3)c2)nc2cccnc21. The Morgan fingerprint density at radius 1 is 1.07 bits per heavy atom. The van der Waals surface area contributed by atoms with E-state index in [9.17, 15) is 4.79 Å². The molecule has 0 spiro atoms. The monoisotopic (exact) mass is 384 g/mol. The third kappa shape index (κ3) is 4.04. The van der Waals surface area contributed by atoms with Gasteiger partial charge in [-0.2, -0.15) is 0 Å². The van der Waals surface area contributed by atoms with Crippen molar-refractivity contribution in [1.29, 1.82) is 0 Å². The zero-order valence-electron chi connectivity index (χ0n) is 16.7. The fourth-order valence-electron chi connectivity index (χ4n) is 3.52. The van der Waals surface area contributed by atoms with E-state index in [1.807, 2.05) is 61.5 Å². The van der Waals surface area contributed by atoms with Crippen LogP contribution in [-0.2, 0) is 13.1 Å². The lowest BCUT2D eigenvalue weighted by Crippen LogP contribution is -2.22. The van der Waals surface area contributed by atoms with E-state index in [2.05, 4.69) is 27.9 Å². The Kier molecular flexibility index (Phi) is 5.38. The summed E-state index contributed by atoms with van der Waals surface area (Å²) in [5.74, 6) is 0.749. The summed E-state index contributed by atoms with van der Waals surface area (Å²) in [4.78, 5) is 22.0. The molecular formula is C24H24N4O. The van der Waals surface area contributed by atoms with Gasteiger partial charge in [0.25, 0.3) is 5.91 Å². The minimum absolute atomic E-state index is 0.0929. The highest BCUT2D eigenvalue weighted by atomic mass is 16.1. The average Bonchev–Trinajstić information content (AvgIpc) is 3.11. The molecule has 0 saturated carbocycles. The predicted molar refractivity (Wildman–Crippen MR) is 116 cm³/mol. The number of carbonyl (C=O) groups is 1. The molecule has 29 heavy (non-hydrogen) atoms. The van der Waals surface area contributed by atoms with Crippen molar-refractivity contribution in [3.8, 4) is 11.4 Å². The van der Waals surface area contributed by atoms with Gasteiger partial charge in [0.2, 0.25) is 0 Å². The lowest BCUT2D eigenvalue weighted by Gasteiger charge is -2.09. The smallest absolute Gasteiger partial charge is 0.251 e. The molecule has 0 aliphatic rings. The van der Waals surface area contributed by atoms with Crippen LogP contribution in [-0.4, -0.2) is 20.4 Å². The van der Waals surface area contributed by atoms with E-state index < -0.39 is 0 Å². The summed E-state index contributed by atoms with van der Waals surface area (Å²) in [5, 5.41) is 3.01. The number of carbonyl (C=O) groups excluding carboxylic acids is 1. The van der Waals surface area contributed by atoms with Crippen LogP contribution in [0.1, 0.15) is 34.8 Å². The van der Waals surface area contributed by atoms with Crippen molar-refractivity contribution < 1.29 is 4.79 Å². The number of benzene rings is 2. The zero-order chi connectivity index (χ0) is 20.2. The molecule has 0 fully saturated rings. The zero-order valence-corrected chi connectivity index (χ0v) is 16.7. The molecule has 4 rings (SSSR count). The second-order valence-corrected chi connectivity index (χ2v) is 7.19. The van der Waals surface area contributed by atoms with Crippen LogP contribution in [0.5, 0.6) is 0 Å². The Labute approximate surface area is 170 Å². The molecule has 0 bridgehead atoms. The molecule has 5 heteroatoms. The fraction of sp³-hybridized carbons (Fsp3) is 0.208. The van der Waals surface area contributed by atoms with Crippen molar-refractivity contribution in [2.24, 2.45) is 0 Å². The molecule has 0 atom stereocenters. The third-order valence-electron chi connectivity index (χ3n) is 4.87. The van der Waals surface area contributed by atoms with Crippen LogP contribution in [0.4, 0.5) is 0 Å². The van der Waals surface area contributed by atoms with Gasteiger partial charge in [-0.1, -0.05) is 48.9 Å². The normalized spacial score (nSPS) is 11.0. The maximum atomic E-state index is 12.7. The van der Waals surface area contributed by atoms with E-state index in [0.717, 1.165) is 41.1 Å². The molecule has 2 aromatic carbocycles. The molecule has 1 amide bonds. The van der Waals surface area contributed by atoms with E-state index in [0.29, 0.717) is 12.1 Å². The minimum Gasteiger partial charge on any atom is -0.348 e. The number of aromatic nitrogens is 3. The topological polar surface area (TPSA) is 59.8 Å². The van der Waals surface area contributed by atoms with Gasteiger partial charge in [-0.05, 0) is 43.2 Å². The minimum atomic E-state index is -0.0929. The first-order chi connectivity index (χ1) is 14.2. The summed E-state index contributed by atoms with van der Waals surface area (Å²) in [6.45, 7) is 5.51. The molecule has 4 aromatic rings. The highest BCUT2D eigenvalue weighted by molar-refractivity contribution is 5.95. The number of pyridine rings is 1. The first-order valence-corrected chi connectivity index (χ1v) is 9.91. The quantitative estimate of drug-likeness (QED) is 0.522. The highest BCUT2D eigenvalue weighted by Gasteiger charge is 2.14. The van der Waals surface area contributed by atoms with Crippen LogP contribution in [0.3, 0.4) is 0 Å². The van der Waals surface area contributed by atoms with Gasteiger partial charge in [0.15, 0.2) is 5.65 Å². The Bertz CT molecular complexity index is 1160. The van der Waals surface area contributed by atoms with E-state index in [4.69, 9.17) is 4.98 Å². The molecule has 5 nitrogen and oxygen atoms in total. The molecule has 1 N–H and O–H groups in total. The van der Waals surface area contributed by atoms with Gasteiger partial charge in [0.05, 0.1) is 0 Å². The number of rotatable bonds is 6. The van der Waals surface area contributed by atoms with Gasteiger partial charge in [-0.25, -0.2) is 9.97 Å². The predicted octanol–water partition coefficient (Wildman–Crippen LogP) is 4.75. The highest BCUT2D eigenvalue weighted by Crippen LogP contribution is 2.25. The number of amides is 1. The lowest BCUT2D eigenvalue weighted by atomic mass is 10.1. The summed E-state index contributed by atoms with van der Waals surface area (Å²) in [6, 6.07) is 19.6. The number of hydrogen-bond donors (Lipinski definition) is 1. The number of nitrogens with one attached hydrogen (secondary N) is 1. The van der Waals surface area contributed by atoms with E-state index >= 15 is 0 Å². The van der Waals surface area contributed by atoms with Gasteiger partial charge < -0.3 is 9.88 Å². The maximum Gasteiger partial charge on any atom is 0.251 e. The molecule has 0 radical (unpaired) electrons. The maximum absolute atomic E-state index is 12.7. The van der Waals surface area contributed by atoms with Crippen LogP contribution in [0, 0.1) is 6.92 Å². The molecule has 0 aliphatic carbocycles. The van der Waals surface area contributed by atoms with Gasteiger partial charge in [0.1, 0.15) is 11.3 Å². The van der Waals surface area contributed by atoms with Crippen molar-refractivity contribution >= 4 is 17.1 Å². The standard InChI is InChI=1S/C24H24N4O/c1-3-13-28-22(27-21-11-6-12-25-23(21)28)19-9-5-10-20(15-19)24(29)26-16-18-8-4-7-17(2)14-18/h4-12,14-15H,3,13,16H2,1-2H3,(H,26,29). The largest absolute Gasteiger partial charge is 0.348 e. The number of fused-ring (bicyclic) bond motifs is 1. The molecular weight excluding hydrogens is 360 g/mol. The average molecular weight is 384 g/mol. The molecule has 2 aromatic heterocycles. The molecule has 2 heterocycles. The van der Waals surface area contributed by atoms with Crippen molar-refractivity contribution in [3.05, 3.63) is 83.6 Å². The van der Waals surface area contributed by atoms with E-state index in [1.54, 1.807) is 6.20 Å². The van der Waals surface area contributed by atoms with Crippen molar-refractivity contribution in [2.45, 2.75) is 33.4 Å². The molecule has 146 valence electrons. The number of aryl methyl sites for hydroxylation is 2. The molecule has 0 aliphatic heterocycles. The summed E-state index contributed by atoms with van der Waals surface area (Å²) < 4.78 is 2.12. The van der Waals surface area contributed by atoms with Crippen LogP contribution >= 0.6 is 0 Å². The lowest BCUT2D eigenvalue weighted by molar-refractivity contribution is 0.0951. The van der Waals surface area contributed by atoms with Gasteiger partial charge in [0, 0.05) is 30.4 Å². The summed E-state index contributed by atoms with van der Waals surface area (Å²) in [5.41, 5.74) is 5.55. The van der Waals surface area contributed by atoms with Crippen LogP contribution in [0.15, 0.2) is 66.9 Å². The fourth-order valence-corrected chi connectivity index (χ4v) is 3.52. The molecule has 0 saturated heterocycles. The Hall–Kier alpha value is -3.47. The Balaban J connectivity index is 1.61. The van der Waals surface area contributed by atoms with Gasteiger partial charge >= 0.3 is 0 Å². The summed E-state index contributed by atoms with van der Waals surface area (Å²) >= 11 is 0. The second kappa shape index (κ2) is 8.27. The Morgan fingerprint density at radius 2 is 1.93 bits per heavy atom. The number of nitrogens with zero attached hydrogens (tertiary/aromatic N) is 3. The van der Waals surface area contributed by atoms with E-state index in [1.165, 1.54) is 5.56 Å². The van der Waals surface area contributed by atoms with Crippen LogP contribution in [0.25, 0.3) is 22.6 Å². The summed E-state index contributed by atoms with van der Waals surface area (Å²) in [7, 11) is 0. The Morgan fingerprint density at radius 3 is 2.76 bits per heavy atom. The van der Waals surface area contributed by atoms with Crippen LogP contribution < -0.4 is 5.32 Å². The number of imidazole rings is 1. The van der Waals surface area contributed by atoms with Gasteiger partial charge in [-0.3, -0.25) is 4.79 Å². The van der Waals surface area contributed by atoms with Gasteiger partial charge in [-0.15, -0.1) is 0 Å². The van der Waals surface area contributed by atoms with E-state index in [-0.39, 0.29) is 5.91 Å². The first kappa shape index (κ1) is 18.9. The van der Waals surface area contributed by atoms with Crippen LogP contribution in [0.2, 0.25) is 0 Å². The second-order valence-electron chi connectivity index (χ2n) is 7.19. The third-order valence-corrected chi connectivity index (χ3v) is 4.87. The van der Waals surface area contributed by atoms with Crippen molar-refractivity contribution in [3.63, 3.8) is 0 Å². The number of hydrogen-bond acceptors (Lipinski definition) is 3. The van der Waals surface area contributed by atoms with Crippen molar-refractivity contribution in [2.75, 3.05) is 0 Å². The first-order valence-electron chi connectivity index (χ1n) is 9.91. The summed E-state index contributed by atoms with van der Waals surface area (Å²) in [6.07, 6.45) is 2.76. The molecule has 0 unspecified atom stereocenters. The van der Waals surface area contributed by atoms with Crippen molar-refractivity contribution in [1.82, 2.24) is 19.9 Å².